The molecule has 1 atom stereocenters. The molecule has 1 saturated heterocycles. The van der Waals surface area contributed by atoms with Gasteiger partial charge in [-0.05, 0) is 57.2 Å². The first-order valence-corrected chi connectivity index (χ1v) is 15.7. The normalized spacial score (nSPS) is 14.1. The summed E-state index contributed by atoms with van der Waals surface area (Å²) in [5.41, 5.74) is -1.29. The predicted molar refractivity (Wildman–Crippen MR) is 167 cm³/mol. The van der Waals surface area contributed by atoms with Crippen molar-refractivity contribution in [2.45, 2.75) is 31.3 Å². The van der Waals surface area contributed by atoms with E-state index in [1.165, 1.54) is 24.3 Å². The zero-order valence-electron chi connectivity index (χ0n) is 24.4. The molecule has 44 heavy (non-hydrogen) atoms. The van der Waals surface area contributed by atoms with Gasteiger partial charge in [-0.3, -0.25) is 19.1 Å². The van der Waals surface area contributed by atoms with Crippen LogP contribution in [0.15, 0.2) is 65.6 Å². The van der Waals surface area contributed by atoms with Crippen LogP contribution < -0.4 is 14.5 Å². The molecule has 3 aromatic rings. The number of aromatic nitrogens is 2. The monoisotopic (exact) mass is 642 g/mol. The maximum atomic E-state index is 13.2. The average molecular weight is 643 g/mol. The molecule has 14 nitrogen and oxygen atoms in total. The molecule has 1 N–H and O–H groups in total. The third-order valence-electron chi connectivity index (χ3n) is 6.30. The number of thioether (sulfide) groups is 1. The Kier molecular flexibility index (Phi) is 10.7. The van der Waals surface area contributed by atoms with E-state index in [9.17, 15) is 28.5 Å². The van der Waals surface area contributed by atoms with Gasteiger partial charge in [0.15, 0.2) is 11.5 Å². The number of benzene rings is 2. The third-order valence-corrected chi connectivity index (χ3v) is 7.99. The standard InChI is InChI=1S/C28H33N7O7S2/c1-28(2,3)42-27(37)33-16-14-32(15-17-33)25-12-11-23(30-31-25)26(36)34(44(40)41)20-9-10-22(24(19-20)35(38)39)29-13-18-43-21-7-5-4-6-8-21/h4-12,19,29H,13-18H2,1-3H3,(H,40,41)/p-1. The number of nitro benzene ring substituents is 1. The van der Waals surface area contributed by atoms with E-state index in [1.54, 1.807) is 37.4 Å². The van der Waals surface area contributed by atoms with Gasteiger partial charge in [0.2, 0.25) is 0 Å². The maximum absolute atomic E-state index is 13.2. The molecule has 1 fully saturated rings. The minimum atomic E-state index is -3.11. The number of ether oxygens (including phenoxy) is 1. The molecule has 1 aliphatic rings. The number of hydrogen-bond acceptors (Lipinski definition) is 12. The first kappa shape index (κ1) is 32.6. The summed E-state index contributed by atoms with van der Waals surface area (Å²) in [6.07, 6.45) is -0.402. The molecule has 4 rings (SSSR count). The number of piperazine rings is 1. The smallest absolute Gasteiger partial charge is 0.410 e. The highest BCUT2D eigenvalue weighted by Crippen LogP contribution is 2.31. The fraction of sp³-hybridized carbons (Fsp3) is 0.357. The van der Waals surface area contributed by atoms with Gasteiger partial charge in [-0.2, -0.15) is 0 Å². The summed E-state index contributed by atoms with van der Waals surface area (Å²) >= 11 is -1.53. The molecule has 0 saturated carbocycles. The Bertz CT molecular complexity index is 1500. The van der Waals surface area contributed by atoms with Crippen LogP contribution in [0.25, 0.3) is 0 Å². The molecule has 0 bridgehead atoms. The van der Waals surface area contributed by atoms with Crippen molar-refractivity contribution in [3.63, 3.8) is 0 Å². The Morgan fingerprint density at radius 2 is 1.77 bits per heavy atom. The molecule has 1 unspecified atom stereocenters. The second-order valence-corrected chi connectivity index (χ2v) is 12.6. The van der Waals surface area contributed by atoms with Crippen molar-refractivity contribution >= 4 is 57.9 Å². The Balaban J connectivity index is 1.41. The van der Waals surface area contributed by atoms with Crippen molar-refractivity contribution in [2.75, 3.05) is 53.0 Å². The van der Waals surface area contributed by atoms with Crippen molar-refractivity contribution in [1.29, 1.82) is 0 Å². The second kappa shape index (κ2) is 14.5. The van der Waals surface area contributed by atoms with E-state index in [-0.39, 0.29) is 22.8 Å². The number of nitrogens with zero attached hydrogens (tertiary/aromatic N) is 6. The molecular formula is C28H32N7O7S2-. The van der Waals surface area contributed by atoms with Crippen molar-refractivity contribution in [1.82, 2.24) is 15.1 Å². The topological polar surface area (TPSA) is 174 Å². The summed E-state index contributed by atoms with van der Waals surface area (Å²) in [4.78, 5) is 41.2. The number of carbonyl (C=O) groups is 2. The van der Waals surface area contributed by atoms with Gasteiger partial charge >= 0.3 is 6.09 Å². The van der Waals surface area contributed by atoms with Crippen molar-refractivity contribution in [2.24, 2.45) is 0 Å². The molecule has 1 aromatic heterocycles. The fourth-order valence-electron chi connectivity index (χ4n) is 4.25. The van der Waals surface area contributed by atoms with E-state index in [0.717, 1.165) is 11.0 Å². The SMILES string of the molecule is CC(C)(C)OC(=O)N1CCN(c2ccc(C(=O)N(c3ccc(NCCSc4ccccc4)c([N+](=O)[O-])c3)S(=O)[O-])nn2)CC1. The molecule has 2 heterocycles. The quantitative estimate of drug-likeness (QED) is 0.110. The van der Waals surface area contributed by atoms with Crippen LogP contribution in [-0.2, 0) is 16.0 Å². The zero-order chi connectivity index (χ0) is 31.9. The molecule has 16 heteroatoms. The molecular weight excluding hydrogens is 610 g/mol. The van der Waals surface area contributed by atoms with Gasteiger partial charge in [0.25, 0.3) is 11.6 Å². The zero-order valence-corrected chi connectivity index (χ0v) is 26.0. The first-order valence-electron chi connectivity index (χ1n) is 13.6. The lowest BCUT2D eigenvalue weighted by Crippen LogP contribution is -2.50. The summed E-state index contributed by atoms with van der Waals surface area (Å²) in [6.45, 7) is 7.50. The number of nitrogens with one attached hydrogen (secondary N) is 1. The van der Waals surface area contributed by atoms with Crippen LogP contribution in [0, 0.1) is 10.1 Å². The summed E-state index contributed by atoms with van der Waals surface area (Å²) in [7, 11) is 0. The highest BCUT2D eigenvalue weighted by molar-refractivity contribution is 7.99. The Morgan fingerprint density at radius 1 is 1.07 bits per heavy atom. The number of hydrogen-bond donors (Lipinski definition) is 1. The van der Waals surface area contributed by atoms with Crippen LogP contribution in [0.2, 0.25) is 0 Å². The van der Waals surface area contributed by atoms with Crippen LogP contribution in [0.1, 0.15) is 31.3 Å². The van der Waals surface area contributed by atoms with Gasteiger partial charge in [0, 0.05) is 49.4 Å². The van der Waals surface area contributed by atoms with Gasteiger partial charge in [-0.25, -0.2) is 9.10 Å². The Hall–Kier alpha value is -4.28. The van der Waals surface area contributed by atoms with Gasteiger partial charge in [-0.15, -0.1) is 22.0 Å². The van der Waals surface area contributed by atoms with E-state index < -0.39 is 33.8 Å². The van der Waals surface area contributed by atoms with Gasteiger partial charge in [0.05, 0.1) is 21.9 Å². The van der Waals surface area contributed by atoms with E-state index in [1.807, 2.05) is 35.2 Å². The Morgan fingerprint density at radius 3 is 2.36 bits per heavy atom. The maximum Gasteiger partial charge on any atom is 0.410 e. The van der Waals surface area contributed by atoms with E-state index in [2.05, 4.69) is 15.5 Å². The molecule has 0 aliphatic carbocycles. The summed E-state index contributed by atoms with van der Waals surface area (Å²) < 4.78 is 30.1. The molecule has 234 valence electrons. The molecule has 1 aliphatic heterocycles. The van der Waals surface area contributed by atoms with Crippen molar-refractivity contribution < 1.29 is 28.0 Å². The number of nitro groups is 1. The van der Waals surface area contributed by atoms with Crippen LogP contribution in [-0.4, -0.2) is 84.9 Å². The number of carbonyl (C=O) groups excluding carboxylic acids is 2. The van der Waals surface area contributed by atoms with E-state index in [0.29, 0.717) is 48.6 Å². The van der Waals surface area contributed by atoms with Gasteiger partial charge in [-0.1, -0.05) is 18.2 Å². The van der Waals surface area contributed by atoms with Crippen LogP contribution in [0.3, 0.4) is 0 Å². The molecule has 2 amide bonds. The lowest BCUT2D eigenvalue weighted by molar-refractivity contribution is -0.383. The lowest BCUT2D eigenvalue weighted by Gasteiger charge is -2.36. The molecule has 0 radical (unpaired) electrons. The Labute approximate surface area is 261 Å². The lowest BCUT2D eigenvalue weighted by atomic mass is 10.2. The summed E-state index contributed by atoms with van der Waals surface area (Å²) in [6, 6.07) is 16.2. The third kappa shape index (κ3) is 8.64. The number of rotatable bonds is 10. The van der Waals surface area contributed by atoms with Crippen LogP contribution in [0.4, 0.5) is 27.7 Å². The second-order valence-electron chi connectivity index (χ2n) is 10.6. The molecule has 0 spiro atoms. The first-order chi connectivity index (χ1) is 20.9. The van der Waals surface area contributed by atoms with Crippen LogP contribution in [0.5, 0.6) is 0 Å². The van der Waals surface area contributed by atoms with Crippen molar-refractivity contribution in [3.05, 3.63) is 76.5 Å². The van der Waals surface area contributed by atoms with E-state index in [4.69, 9.17) is 4.74 Å². The number of anilines is 3. The van der Waals surface area contributed by atoms with Crippen LogP contribution >= 0.6 is 11.8 Å². The summed E-state index contributed by atoms with van der Waals surface area (Å²) in [5, 5.41) is 22.8. The fourth-order valence-corrected chi connectivity index (χ4v) is 5.55. The van der Waals surface area contributed by atoms with Gasteiger partial charge in [0.1, 0.15) is 11.3 Å². The predicted octanol–water partition coefficient (Wildman–Crippen LogP) is 4.09. The van der Waals surface area contributed by atoms with Crippen molar-refractivity contribution in [3.8, 4) is 0 Å². The minimum absolute atomic E-state index is 0.187. The van der Waals surface area contributed by atoms with E-state index >= 15 is 0 Å². The van der Waals surface area contributed by atoms with Gasteiger partial charge < -0.3 is 24.4 Å². The summed E-state index contributed by atoms with van der Waals surface area (Å²) in [5.74, 6) is 0.0460. The minimum Gasteiger partial charge on any atom is -0.755 e. The average Bonchev–Trinajstić information content (AvgIpc) is 2.99. The molecule has 2 aromatic carbocycles. The highest BCUT2D eigenvalue weighted by atomic mass is 32.2. The largest absolute Gasteiger partial charge is 0.755 e. The highest BCUT2D eigenvalue weighted by Gasteiger charge is 2.28. The number of amides is 2.